The zero-order chi connectivity index (χ0) is 13.3. The van der Waals surface area contributed by atoms with E-state index in [1.807, 2.05) is 37.5 Å². The molecule has 0 saturated carbocycles. The number of aryl methyl sites for hydroxylation is 1. The highest BCUT2D eigenvalue weighted by atomic mass is 16.4. The number of aromatic nitrogens is 1. The van der Waals surface area contributed by atoms with E-state index in [1.54, 1.807) is 13.8 Å². The second-order valence-corrected chi connectivity index (χ2v) is 5.38. The molecular weight excluding hydrogens is 226 g/mol. The maximum Gasteiger partial charge on any atom is 0.309 e. The fourth-order valence-corrected chi connectivity index (χ4v) is 2.07. The van der Waals surface area contributed by atoms with E-state index in [0.29, 0.717) is 6.42 Å². The fourth-order valence-electron chi connectivity index (χ4n) is 2.07. The van der Waals surface area contributed by atoms with Gasteiger partial charge in [-0.2, -0.15) is 0 Å². The quantitative estimate of drug-likeness (QED) is 0.900. The molecule has 0 aliphatic heterocycles. The third kappa shape index (κ3) is 2.35. The third-order valence-corrected chi connectivity index (χ3v) is 3.25. The molecule has 1 aromatic heterocycles. The van der Waals surface area contributed by atoms with Crippen molar-refractivity contribution in [2.24, 2.45) is 5.41 Å². The number of carboxylic acid groups (broad SMARTS) is 1. The Hall–Kier alpha value is -1.90. The first kappa shape index (κ1) is 12.6. The summed E-state index contributed by atoms with van der Waals surface area (Å²) in [4.78, 5) is 15.3. The van der Waals surface area contributed by atoms with Gasteiger partial charge in [-0.3, -0.25) is 9.78 Å². The second-order valence-electron chi connectivity index (χ2n) is 5.38. The van der Waals surface area contributed by atoms with Crippen LogP contribution in [0.1, 0.15) is 25.0 Å². The first-order valence-electron chi connectivity index (χ1n) is 5.97. The summed E-state index contributed by atoms with van der Waals surface area (Å²) in [5.41, 5.74) is 1.42. The van der Waals surface area contributed by atoms with Crippen LogP contribution in [0.3, 0.4) is 0 Å². The SMILES string of the molecule is Cc1cncc2cc(CC(C)(C)C(=O)O)ccc12. The lowest BCUT2D eigenvalue weighted by molar-refractivity contribution is -0.146. The maximum absolute atomic E-state index is 11.1. The molecule has 1 N–H and O–H groups in total. The molecule has 2 aromatic rings. The van der Waals surface area contributed by atoms with Crippen molar-refractivity contribution in [3.8, 4) is 0 Å². The van der Waals surface area contributed by atoms with Crippen molar-refractivity contribution in [1.29, 1.82) is 0 Å². The number of carboxylic acids is 1. The molecule has 0 spiro atoms. The molecule has 1 aromatic carbocycles. The van der Waals surface area contributed by atoms with E-state index >= 15 is 0 Å². The zero-order valence-corrected chi connectivity index (χ0v) is 10.9. The van der Waals surface area contributed by atoms with Gasteiger partial charge in [0.25, 0.3) is 0 Å². The Morgan fingerprint density at radius 3 is 2.72 bits per heavy atom. The van der Waals surface area contributed by atoms with E-state index < -0.39 is 11.4 Å². The molecule has 18 heavy (non-hydrogen) atoms. The summed E-state index contributed by atoms with van der Waals surface area (Å²) >= 11 is 0. The second kappa shape index (κ2) is 4.41. The summed E-state index contributed by atoms with van der Waals surface area (Å²) in [6.45, 7) is 5.51. The van der Waals surface area contributed by atoms with Crippen LogP contribution >= 0.6 is 0 Å². The van der Waals surface area contributed by atoms with Crippen molar-refractivity contribution in [3.63, 3.8) is 0 Å². The van der Waals surface area contributed by atoms with Crippen LogP contribution in [0.15, 0.2) is 30.6 Å². The number of hydrogen-bond acceptors (Lipinski definition) is 2. The number of carbonyl (C=O) groups is 1. The number of fused-ring (bicyclic) bond motifs is 1. The van der Waals surface area contributed by atoms with Gasteiger partial charge >= 0.3 is 5.97 Å². The Kier molecular flexibility index (Phi) is 3.07. The van der Waals surface area contributed by atoms with E-state index in [0.717, 1.165) is 16.5 Å². The predicted molar refractivity (Wildman–Crippen MR) is 71.6 cm³/mol. The normalized spacial score (nSPS) is 11.7. The minimum atomic E-state index is -0.773. The van der Waals surface area contributed by atoms with Crippen LogP contribution in [-0.4, -0.2) is 16.1 Å². The van der Waals surface area contributed by atoms with Gasteiger partial charge in [0, 0.05) is 17.8 Å². The van der Waals surface area contributed by atoms with Crippen molar-refractivity contribution in [1.82, 2.24) is 4.98 Å². The largest absolute Gasteiger partial charge is 0.481 e. The molecule has 0 saturated heterocycles. The fraction of sp³-hybridized carbons (Fsp3) is 0.333. The van der Waals surface area contributed by atoms with Crippen molar-refractivity contribution in [2.75, 3.05) is 0 Å². The molecular formula is C15H17NO2. The molecule has 0 aliphatic rings. The number of pyridine rings is 1. The minimum absolute atomic E-state index is 0.520. The Balaban J connectivity index is 2.40. The highest BCUT2D eigenvalue weighted by Gasteiger charge is 2.27. The lowest BCUT2D eigenvalue weighted by Gasteiger charge is -2.19. The van der Waals surface area contributed by atoms with Crippen molar-refractivity contribution in [2.45, 2.75) is 27.2 Å². The van der Waals surface area contributed by atoms with Crippen LogP contribution in [0.2, 0.25) is 0 Å². The van der Waals surface area contributed by atoms with Crippen LogP contribution in [0, 0.1) is 12.3 Å². The third-order valence-electron chi connectivity index (χ3n) is 3.25. The summed E-state index contributed by atoms with van der Waals surface area (Å²) in [5.74, 6) is -0.773. The minimum Gasteiger partial charge on any atom is -0.481 e. The van der Waals surface area contributed by atoms with Gasteiger partial charge in [0.15, 0.2) is 0 Å². The molecule has 0 bridgehead atoms. The monoisotopic (exact) mass is 243 g/mol. The number of aliphatic carboxylic acids is 1. The summed E-state index contributed by atoms with van der Waals surface area (Å²) in [6, 6.07) is 6.07. The van der Waals surface area contributed by atoms with Gasteiger partial charge in [0.05, 0.1) is 5.41 Å². The van der Waals surface area contributed by atoms with Crippen LogP contribution in [0.5, 0.6) is 0 Å². The molecule has 1 heterocycles. The first-order valence-corrected chi connectivity index (χ1v) is 5.97. The van der Waals surface area contributed by atoms with Gasteiger partial charge < -0.3 is 5.11 Å². The molecule has 94 valence electrons. The smallest absolute Gasteiger partial charge is 0.309 e. The maximum atomic E-state index is 11.1. The predicted octanol–water partition coefficient (Wildman–Crippen LogP) is 3.20. The Bertz CT molecular complexity index is 602. The zero-order valence-electron chi connectivity index (χ0n) is 10.9. The highest BCUT2D eigenvalue weighted by molar-refractivity contribution is 5.85. The van der Waals surface area contributed by atoms with Gasteiger partial charge in [-0.25, -0.2) is 0 Å². The molecule has 0 unspecified atom stereocenters. The molecule has 0 fully saturated rings. The van der Waals surface area contributed by atoms with Gasteiger partial charge in [-0.15, -0.1) is 0 Å². The topological polar surface area (TPSA) is 50.2 Å². The summed E-state index contributed by atoms with van der Waals surface area (Å²) in [6.07, 6.45) is 4.18. The van der Waals surface area contributed by atoms with Crippen molar-refractivity contribution < 1.29 is 9.90 Å². The average molecular weight is 243 g/mol. The molecule has 0 amide bonds. The lowest BCUT2D eigenvalue weighted by atomic mass is 9.85. The number of benzene rings is 1. The molecule has 3 heteroatoms. The van der Waals surface area contributed by atoms with E-state index in [2.05, 4.69) is 4.98 Å². The molecule has 0 atom stereocenters. The van der Waals surface area contributed by atoms with Gasteiger partial charge in [-0.05, 0) is 49.8 Å². The first-order chi connectivity index (χ1) is 8.40. The molecule has 2 rings (SSSR count). The summed E-state index contributed by atoms with van der Waals surface area (Å²) in [7, 11) is 0. The van der Waals surface area contributed by atoms with E-state index in [4.69, 9.17) is 5.11 Å². The molecule has 0 radical (unpaired) electrons. The van der Waals surface area contributed by atoms with Crippen LogP contribution in [-0.2, 0) is 11.2 Å². The summed E-state index contributed by atoms with van der Waals surface area (Å²) < 4.78 is 0. The Morgan fingerprint density at radius 1 is 1.33 bits per heavy atom. The van der Waals surface area contributed by atoms with Gasteiger partial charge in [0.1, 0.15) is 0 Å². The summed E-state index contributed by atoms with van der Waals surface area (Å²) in [5, 5.41) is 11.4. The van der Waals surface area contributed by atoms with Crippen LogP contribution < -0.4 is 0 Å². The van der Waals surface area contributed by atoms with E-state index in [1.165, 1.54) is 5.39 Å². The number of nitrogens with zero attached hydrogens (tertiary/aromatic N) is 1. The highest BCUT2D eigenvalue weighted by Crippen LogP contribution is 2.25. The molecule has 0 aliphatic carbocycles. The number of rotatable bonds is 3. The van der Waals surface area contributed by atoms with E-state index in [-0.39, 0.29) is 0 Å². The Labute approximate surface area is 106 Å². The van der Waals surface area contributed by atoms with Crippen LogP contribution in [0.4, 0.5) is 0 Å². The average Bonchev–Trinajstić information content (AvgIpc) is 2.28. The van der Waals surface area contributed by atoms with E-state index in [9.17, 15) is 4.79 Å². The van der Waals surface area contributed by atoms with Crippen LogP contribution in [0.25, 0.3) is 10.8 Å². The van der Waals surface area contributed by atoms with Crippen molar-refractivity contribution in [3.05, 3.63) is 41.7 Å². The standard InChI is InChI=1S/C15H17NO2/c1-10-8-16-9-12-6-11(4-5-13(10)12)7-15(2,3)14(17)18/h4-6,8-9H,7H2,1-3H3,(H,17,18). The van der Waals surface area contributed by atoms with Gasteiger partial charge in [-0.1, -0.05) is 12.1 Å². The van der Waals surface area contributed by atoms with Gasteiger partial charge in [0.2, 0.25) is 0 Å². The number of hydrogen-bond donors (Lipinski definition) is 1. The lowest BCUT2D eigenvalue weighted by Crippen LogP contribution is -2.26. The Morgan fingerprint density at radius 2 is 2.06 bits per heavy atom. The molecule has 3 nitrogen and oxygen atoms in total. The van der Waals surface area contributed by atoms with Crippen molar-refractivity contribution >= 4 is 16.7 Å².